The van der Waals surface area contributed by atoms with Gasteiger partial charge in [0.15, 0.2) is 16.7 Å². The number of hydrogen-bond acceptors (Lipinski definition) is 15. The molecule has 2 fully saturated rings. The lowest BCUT2D eigenvalue weighted by Gasteiger charge is -2.49. The van der Waals surface area contributed by atoms with Gasteiger partial charge < -0.3 is 45.2 Å². The second-order valence-electron chi connectivity index (χ2n) is 12.3. The van der Waals surface area contributed by atoms with Crippen molar-refractivity contribution < 1.29 is 56.9 Å². The highest BCUT2D eigenvalue weighted by Gasteiger charge is 2.54. The highest BCUT2D eigenvalue weighted by atomic mass is 32.2. The Morgan fingerprint density at radius 3 is 2.51 bits per heavy atom. The number of thioether (sulfide) groups is 1. The van der Waals surface area contributed by atoms with E-state index in [0.29, 0.717) is 26.2 Å². The molecule has 2 atom stereocenters. The third kappa shape index (κ3) is 7.66. The summed E-state index contributed by atoms with van der Waals surface area (Å²) in [6.07, 6.45) is 0.899. The molecule has 55 heavy (non-hydrogen) atoms. The van der Waals surface area contributed by atoms with Crippen LogP contribution < -0.4 is 21.4 Å². The fraction of sp³-hybridized carbons (Fsp3) is 0.375. The lowest BCUT2D eigenvalue weighted by atomic mass is 10.0. The normalized spacial score (nSPS) is 18.9. The molecule has 0 spiro atoms. The lowest BCUT2D eigenvalue weighted by molar-refractivity contribution is -0.150. The number of pyridine rings is 1. The van der Waals surface area contributed by atoms with Gasteiger partial charge in [0.05, 0.1) is 17.4 Å². The number of piperazine rings is 1. The number of likely N-dealkylation sites (N-methyl/N-ethyl adjacent to an activating group) is 1. The summed E-state index contributed by atoms with van der Waals surface area (Å²) in [4.78, 5) is 89.4. The third-order valence-electron chi connectivity index (χ3n) is 8.83. The molecule has 2 saturated heterocycles. The highest BCUT2D eigenvalue weighted by Crippen LogP contribution is 2.40. The molecular formula is C32H31F3N8O10S2. The van der Waals surface area contributed by atoms with Crippen LogP contribution in [0.3, 0.4) is 0 Å². The fourth-order valence-electron chi connectivity index (χ4n) is 6.20. The van der Waals surface area contributed by atoms with Crippen LogP contribution >= 0.6 is 23.1 Å². The Morgan fingerprint density at radius 1 is 1.15 bits per heavy atom. The van der Waals surface area contributed by atoms with Crippen LogP contribution in [0, 0.1) is 11.6 Å². The van der Waals surface area contributed by atoms with Crippen LogP contribution in [0.25, 0.3) is 10.9 Å². The fourth-order valence-corrected chi connectivity index (χ4v) is 8.07. The van der Waals surface area contributed by atoms with Gasteiger partial charge in [-0.2, -0.15) is 0 Å². The van der Waals surface area contributed by atoms with E-state index >= 15 is 8.78 Å². The standard InChI is InChI=1S/C32H31F3N8O10S2/c1-40-4-6-41(7-5-40)25-17(34)8-15-24(20(25)35)42(3-2-33)9-16(26(15)46)31(51)52-10-14-12-54-29-22(28(48)43(29)23(14)30(49)50)38-27(47)21(39-53-11-19(44)45)18-13-55-32(36)37-18/h8-9,13,22,29H,2-7,10-12H2,1H3,(H2,36,37)(H,38,47)(H,44,45)(H,49,50)/b39-21+/t22-,29?/m1/s1. The van der Waals surface area contributed by atoms with E-state index in [-0.39, 0.29) is 27.8 Å². The van der Waals surface area contributed by atoms with Crippen molar-refractivity contribution in [3.05, 3.63) is 62.0 Å². The van der Waals surface area contributed by atoms with Gasteiger partial charge in [0.25, 0.3) is 11.8 Å². The summed E-state index contributed by atoms with van der Waals surface area (Å²) >= 11 is 1.95. The molecule has 292 valence electrons. The third-order valence-corrected chi connectivity index (χ3v) is 10.8. The summed E-state index contributed by atoms with van der Waals surface area (Å²) in [7, 11) is 1.86. The van der Waals surface area contributed by atoms with Crippen LogP contribution in [-0.2, 0) is 35.3 Å². The van der Waals surface area contributed by atoms with Crippen LogP contribution in [0.4, 0.5) is 24.0 Å². The summed E-state index contributed by atoms with van der Waals surface area (Å²) in [5.41, 5.74) is 1.88. The Hall–Kier alpha value is -5.68. The Balaban J connectivity index is 1.21. The number of nitrogens with zero attached hydrogens (tertiary/aromatic N) is 6. The van der Waals surface area contributed by atoms with Gasteiger partial charge in [0.1, 0.15) is 53.2 Å². The molecule has 3 aliphatic heterocycles. The lowest BCUT2D eigenvalue weighted by Crippen LogP contribution is -2.71. The number of aryl methyl sites for hydroxylation is 1. The number of benzene rings is 1. The summed E-state index contributed by atoms with van der Waals surface area (Å²) < 4.78 is 51.3. The summed E-state index contributed by atoms with van der Waals surface area (Å²) in [6.45, 7) is -1.51. The highest BCUT2D eigenvalue weighted by molar-refractivity contribution is 8.00. The number of alkyl halides is 1. The number of carbonyl (C=O) groups is 5. The molecule has 3 aliphatic rings. The molecule has 1 unspecified atom stereocenters. The molecule has 2 amide bonds. The Labute approximate surface area is 315 Å². The number of thiazole rings is 1. The molecule has 6 rings (SSSR count). The first-order valence-corrected chi connectivity index (χ1v) is 18.2. The van der Waals surface area contributed by atoms with E-state index in [4.69, 9.17) is 15.6 Å². The number of aromatic nitrogens is 2. The van der Waals surface area contributed by atoms with E-state index in [1.807, 2.05) is 11.9 Å². The number of hydrogen-bond donors (Lipinski definition) is 4. The summed E-state index contributed by atoms with van der Waals surface area (Å²) in [6, 6.07) is -0.488. The zero-order valence-corrected chi connectivity index (χ0v) is 30.3. The largest absolute Gasteiger partial charge is 0.479 e. The minimum absolute atomic E-state index is 0.0519. The number of fused-ring (bicyclic) bond motifs is 2. The Morgan fingerprint density at radius 2 is 1.87 bits per heavy atom. The number of anilines is 2. The molecule has 0 radical (unpaired) electrons. The van der Waals surface area contributed by atoms with Crippen molar-refractivity contribution in [1.29, 1.82) is 0 Å². The molecule has 23 heteroatoms. The number of halogens is 3. The Kier molecular flexibility index (Phi) is 11.3. The number of carbonyl (C=O) groups excluding carboxylic acids is 3. The zero-order chi connectivity index (χ0) is 39.7. The van der Waals surface area contributed by atoms with Crippen molar-refractivity contribution in [2.75, 3.05) is 69.5 Å². The number of esters is 1. The second kappa shape index (κ2) is 16.0. The maximum Gasteiger partial charge on any atom is 0.352 e. The van der Waals surface area contributed by atoms with Crippen LogP contribution in [0.1, 0.15) is 16.1 Å². The summed E-state index contributed by atoms with van der Waals surface area (Å²) in [5, 5.41) is 24.8. The van der Waals surface area contributed by atoms with Gasteiger partial charge in [-0.05, 0) is 13.1 Å². The molecule has 18 nitrogen and oxygen atoms in total. The zero-order valence-electron chi connectivity index (χ0n) is 28.6. The molecule has 5 N–H and O–H groups in total. The van der Waals surface area contributed by atoms with Crippen molar-refractivity contribution >= 4 is 80.3 Å². The molecule has 1 aromatic carbocycles. The number of β-lactam (4-membered cyclic amide) rings is 1. The van der Waals surface area contributed by atoms with E-state index in [9.17, 15) is 38.3 Å². The predicted octanol–water partition coefficient (Wildman–Crippen LogP) is 0.441. The Bertz CT molecular complexity index is 2220. The van der Waals surface area contributed by atoms with Gasteiger partial charge in [-0.3, -0.25) is 19.3 Å². The SMILES string of the molecule is CN1CCN(c2c(F)cc3c(=O)c(C(=O)OCC4=C(C(=O)O)N5C(=O)[C@@H](NC(=O)/C(=N/OCC(=O)O)c6csc(N)n6)C5SC4)cn(CCF)c3c2F)CC1. The molecule has 3 aromatic rings. The van der Waals surface area contributed by atoms with Gasteiger partial charge in [0.2, 0.25) is 12.0 Å². The van der Waals surface area contributed by atoms with Crippen molar-refractivity contribution in [3.63, 3.8) is 0 Å². The quantitative estimate of drug-likeness (QED) is 0.0793. The average Bonchev–Trinajstić information content (AvgIpc) is 3.57. The predicted molar refractivity (Wildman–Crippen MR) is 190 cm³/mol. The monoisotopic (exact) mass is 808 g/mol. The number of nitrogen functional groups attached to an aromatic ring is 1. The van der Waals surface area contributed by atoms with Crippen molar-refractivity contribution in [1.82, 2.24) is 24.7 Å². The average molecular weight is 809 g/mol. The number of oxime groups is 1. The van der Waals surface area contributed by atoms with E-state index in [0.717, 1.165) is 44.8 Å². The van der Waals surface area contributed by atoms with Gasteiger partial charge in [-0.1, -0.05) is 5.16 Å². The van der Waals surface area contributed by atoms with Crippen LogP contribution in [0.5, 0.6) is 0 Å². The van der Waals surface area contributed by atoms with Gasteiger partial charge in [-0.25, -0.2) is 32.5 Å². The van der Waals surface area contributed by atoms with Crippen molar-refractivity contribution in [3.8, 4) is 0 Å². The molecule has 0 bridgehead atoms. The molecule has 5 heterocycles. The van der Waals surface area contributed by atoms with Gasteiger partial charge in [-0.15, -0.1) is 23.1 Å². The number of nitrogens with one attached hydrogen (secondary N) is 1. The molecule has 0 aliphatic carbocycles. The number of aliphatic carboxylic acids is 2. The number of carboxylic acid groups (broad SMARTS) is 2. The first-order chi connectivity index (χ1) is 26.2. The van der Waals surface area contributed by atoms with Crippen molar-refractivity contribution in [2.24, 2.45) is 5.16 Å². The first kappa shape index (κ1) is 39.0. The number of ether oxygens (including phenoxy) is 1. The van der Waals surface area contributed by atoms with E-state index < -0.39 is 113 Å². The number of nitrogens with two attached hydrogens (primary N) is 1. The minimum Gasteiger partial charge on any atom is -0.479 e. The second-order valence-corrected chi connectivity index (χ2v) is 14.3. The van der Waals surface area contributed by atoms with Crippen LogP contribution in [0.15, 0.2) is 38.9 Å². The molecular weight excluding hydrogens is 778 g/mol. The van der Waals surface area contributed by atoms with E-state index in [2.05, 4.69) is 20.3 Å². The first-order valence-electron chi connectivity index (χ1n) is 16.3. The number of amides is 2. The topological polar surface area (TPSA) is 239 Å². The van der Waals surface area contributed by atoms with E-state index in [1.165, 1.54) is 10.3 Å². The van der Waals surface area contributed by atoms with Crippen LogP contribution in [0.2, 0.25) is 0 Å². The number of carboxylic acids is 2. The minimum atomic E-state index is -1.57. The molecule has 0 saturated carbocycles. The van der Waals surface area contributed by atoms with Gasteiger partial charge in [0, 0.05) is 49.1 Å². The van der Waals surface area contributed by atoms with Crippen molar-refractivity contribution in [2.45, 2.75) is 18.0 Å². The molecule has 2 aromatic heterocycles. The number of rotatable bonds is 13. The van der Waals surface area contributed by atoms with E-state index in [1.54, 1.807) is 0 Å². The van der Waals surface area contributed by atoms with Gasteiger partial charge >= 0.3 is 17.9 Å². The maximum atomic E-state index is 16.0. The summed E-state index contributed by atoms with van der Waals surface area (Å²) in [5.74, 6) is -8.39. The van der Waals surface area contributed by atoms with Crippen LogP contribution in [-0.4, -0.2) is 135 Å². The smallest absolute Gasteiger partial charge is 0.352 e. The maximum absolute atomic E-state index is 16.0.